The molecule has 4 aliphatic carbocycles. The van der Waals surface area contributed by atoms with Crippen LogP contribution >= 0.6 is 0 Å². The van der Waals surface area contributed by atoms with Crippen LogP contribution in [0.3, 0.4) is 0 Å². The summed E-state index contributed by atoms with van der Waals surface area (Å²) in [6.45, 7) is 4.82. The number of ether oxygens (including phenoxy) is 1. The molecule has 3 fully saturated rings. The first-order valence-corrected chi connectivity index (χ1v) is 12.5. The molecule has 5 rings (SSSR count). The lowest BCUT2D eigenvalue weighted by Crippen LogP contribution is -2.51. The third kappa shape index (κ3) is 3.75. The van der Waals surface area contributed by atoms with Crippen LogP contribution in [0.15, 0.2) is 35.7 Å². The van der Waals surface area contributed by atoms with Crippen molar-refractivity contribution in [1.82, 2.24) is 4.90 Å². The van der Waals surface area contributed by atoms with Gasteiger partial charge in [0.1, 0.15) is 18.4 Å². The second-order valence-electron chi connectivity index (χ2n) is 11.4. The van der Waals surface area contributed by atoms with E-state index in [-0.39, 0.29) is 29.4 Å². The number of carbonyl (C=O) groups is 3. The third-order valence-electron chi connectivity index (χ3n) is 9.71. The van der Waals surface area contributed by atoms with Gasteiger partial charge >= 0.3 is 5.97 Å². The van der Waals surface area contributed by atoms with E-state index in [1.165, 1.54) is 5.57 Å². The standard InChI is InChI=1S/C27H36N2O4/c1-26-11-9-19(30)14-18(26)5-6-20-21-7-8-23(27(21,2)12-10-22(20)26)33-24(31)16-29-13-3-4-17(15-29)25(28)32/h3,5,13,15,20-23H,4,6-12,14,16H2,1-2H3,(H2,28,32). The predicted octanol–water partition coefficient (Wildman–Crippen LogP) is 4.02. The van der Waals surface area contributed by atoms with Gasteiger partial charge in [-0.15, -0.1) is 0 Å². The fraction of sp³-hybridized carbons (Fsp3) is 0.667. The Bertz CT molecular complexity index is 965. The van der Waals surface area contributed by atoms with Gasteiger partial charge in [0, 0.05) is 36.2 Å². The molecule has 1 amide bonds. The maximum Gasteiger partial charge on any atom is 0.326 e. The van der Waals surface area contributed by atoms with Crippen LogP contribution in [0, 0.1) is 28.6 Å². The summed E-state index contributed by atoms with van der Waals surface area (Å²) in [5.41, 5.74) is 7.45. The molecule has 33 heavy (non-hydrogen) atoms. The number of rotatable bonds is 4. The van der Waals surface area contributed by atoms with E-state index in [1.54, 1.807) is 17.3 Å². The number of esters is 1. The lowest BCUT2D eigenvalue weighted by molar-refractivity contribution is -0.159. The number of Topliss-reactive ketones (excluding diaryl/α,β-unsaturated/α-hetero) is 1. The fourth-order valence-electron chi connectivity index (χ4n) is 7.84. The zero-order chi connectivity index (χ0) is 23.4. The minimum Gasteiger partial charge on any atom is -0.460 e. The molecule has 3 saturated carbocycles. The van der Waals surface area contributed by atoms with Gasteiger partial charge in [-0.2, -0.15) is 0 Å². The molecule has 178 valence electrons. The quantitative estimate of drug-likeness (QED) is 0.514. The van der Waals surface area contributed by atoms with Gasteiger partial charge in [0.2, 0.25) is 5.91 Å². The lowest BCUT2D eigenvalue weighted by atomic mass is 9.48. The Kier molecular flexibility index (Phi) is 5.53. The van der Waals surface area contributed by atoms with Gasteiger partial charge in [0.15, 0.2) is 0 Å². The van der Waals surface area contributed by atoms with Crippen LogP contribution in [-0.4, -0.2) is 35.2 Å². The van der Waals surface area contributed by atoms with Gasteiger partial charge in [-0.05, 0) is 68.1 Å². The topological polar surface area (TPSA) is 89.7 Å². The molecule has 0 spiro atoms. The average molecular weight is 453 g/mol. The normalized spacial score (nSPS) is 39.7. The van der Waals surface area contributed by atoms with Gasteiger partial charge in [-0.1, -0.05) is 31.6 Å². The Balaban J connectivity index is 1.27. The molecule has 0 aromatic rings. The SMILES string of the molecule is CC12CCC(=O)CC1=CCC1C2CCC2(C)C(OC(=O)CN3C=CCC(C(N)=O)=C3)CCC12. The molecule has 0 radical (unpaired) electrons. The number of ketones is 1. The van der Waals surface area contributed by atoms with E-state index in [9.17, 15) is 14.4 Å². The summed E-state index contributed by atoms with van der Waals surface area (Å²) in [4.78, 5) is 38.1. The van der Waals surface area contributed by atoms with E-state index in [0.29, 0.717) is 42.0 Å². The van der Waals surface area contributed by atoms with Crippen molar-refractivity contribution in [1.29, 1.82) is 0 Å². The summed E-state index contributed by atoms with van der Waals surface area (Å²) >= 11 is 0. The highest BCUT2D eigenvalue weighted by molar-refractivity contribution is 5.92. The molecule has 0 saturated heterocycles. The number of nitrogens with two attached hydrogens (primary N) is 1. The second kappa shape index (κ2) is 8.14. The van der Waals surface area contributed by atoms with Crippen LogP contribution in [0.4, 0.5) is 0 Å². The second-order valence-corrected chi connectivity index (χ2v) is 11.4. The van der Waals surface area contributed by atoms with E-state index in [4.69, 9.17) is 10.5 Å². The van der Waals surface area contributed by atoms with E-state index in [0.717, 1.165) is 44.9 Å². The highest BCUT2D eigenvalue weighted by atomic mass is 16.5. The summed E-state index contributed by atoms with van der Waals surface area (Å²) in [5, 5.41) is 0. The van der Waals surface area contributed by atoms with Crippen LogP contribution in [0.25, 0.3) is 0 Å². The van der Waals surface area contributed by atoms with Crippen molar-refractivity contribution >= 4 is 17.7 Å². The number of hydrogen-bond donors (Lipinski definition) is 1. The van der Waals surface area contributed by atoms with Crippen molar-refractivity contribution in [3.63, 3.8) is 0 Å². The van der Waals surface area contributed by atoms with Crippen molar-refractivity contribution in [2.45, 2.75) is 77.7 Å². The summed E-state index contributed by atoms with van der Waals surface area (Å²) < 4.78 is 6.09. The number of primary amides is 1. The molecule has 0 bridgehead atoms. The van der Waals surface area contributed by atoms with Crippen LogP contribution in [0.1, 0.15) is 71.6 Å². The van der Waals surface area contributed by atoms with Gasteiger partial charge < -0.3 is 15.4 Å². The molecular formula is C27H36N2O4. The van der Waals surface area contributed by atoms with E-state index in [1.807, 2.05) is 6.08 Å². The number of hydrogen-bond acceptors (Lipinski definition) is 5. The molecule has 1 aliphatic heterocycles. The lowest BCUT2D eigenvalue weighted by Gasteiger charge is -2.57. The van der Waals surface area contributed by atoms with Crippen molar-refractivity contribution in [3.8, 4) is 0 Å². The number of allylic oxidation sites excluding steroid dienone is 3. The van der Waals surface area contributed by atoms with Crippen molar-refractivity contribution in [3.05, 3.63) is 35.7 Å². The maximum atomic E-state index is 12.8. The molecular weight excluding hydrogens is 416 g/mol. The first kappa shape index (κ1) is 22.4. The van der Waals surface area contributed by atoms with Crippen molar-refractivity contribution in [2.75, 3.05) is 6.54 Å². The first-order chi connectivity index (χ1) is 15.7. The Labute approximate surface area is 196 Å². The average Bonchev–Trinajstić information content (AvgIpc) is 3.10. The summed E-state index contributed by atoms with van der Waals surface area (Å²) in [6.07, 6.45) is 15.8. The zero-order valence-electron chi connectivity index (χ0n) is 19.8. The Morgan fingerprint density at radius 2 is 2.00 bits per heavy atom. The summed E-state index contributed by atoms with van der Waals surface area (Å²) in [6, 6.07) is 0. The third-order valence-corrected chi connectivity index (χ3v) is 9.71. The van der Waals surface area contributed by atoms with Crippen molar-refractivity contribution < 1.29 is 19.1 Å². The van der Waals surface area contributed by atoms with Gasteiger partial charge in [-0.25, -0.2) is 0 Å². The summed E-state index contributed by atoms with van der Waals surface area (Å²) in [7, 11) is 0. The molecule has 0 aromatic carbocycles. The van der Waals surface area contributed by atoms with Crippen LogP contribution in [0.5, 0.6) is 0 Å². The minimum atomic E-state index is -0.457. The minimum absolute atomic E-state index is 0.00891. The van der Waals surface area contributed by atoms with Gasteiger partial charge in [-0.3, -0.25) is 14.4 Å². The number of carbonyl (C=O) groups excluding carboxylic acids is 3. The summed E-state index contributed by atoms with van der Waals surface area (Å²) in [5.74, 6) is 1.49. The number of fused-ring (bicyclic) bond motifs is 5. The molecule has 2 N–H and O–H groups in total. The van der Waals surface area contributed by atoms with Gasteiger partial charge in [0.05, 0.1) is 0 Å². The van der Waals surface area contributed by atoms with Crippen LogP contribution in [-0.2, 0) is 19.1 Å². The first-order valence-electron chi connectivity index (χ1n) is 12.5. The predicted molar refractivity (Wildman–Crippen MR) is 124 cm³/mol. The highest BCUT2D eigenvalue weighted by Crippen LogP contribution is 2.65. The number of amides is 1. The molecule has 1 heterocycles. The molecule has 6 heteroatoms. The molecule has 6 unspecified atom stereocenters. The molecule has 6 atom stereocenters. The van der Waals surface area contributed by atoms with E-state index in [2.05, 4.69) is 19.9 Å². The largest absolute Gasteiger partial charge is 0.460 e. The molecule has 5 aliphatic rings. The smallest absolute Gasteiger partial charge is 0.326 e. The number of nitrogens with zero attached hydrogens (tertiary/aromatic N) is 1. The van der Waals surface area contributed by atoms with E-state index >= 15 is 0 Å². The zero-order valence-corrected chi connectivity index (χ0v) is 19.8. The molecule has 0 aromatic heterocycles. The Hall–Kier alpha value is -2.37. The Morgan fingerprint density at radius 3 is 2.79 bits per heavy atom. The monoisotopic (exact) mass is 452 g/mol. The van der Waals surface area contributed by atoms with Gasteiger partial charge in [0.25, 0.3) is 0 Å². The van der Waals surface area contributed by atoms with Crippen LogP contribution < -0.4 is 5.73 Å². The van der Waals surface area contributed by atoms with Crippen molar-refractivity contribution in [2.24, 2.45) is 34.3 Å². The van der Waals surface area contributed by atoms with Crippen LogP contribution in [0.2, 0.25) is 0 Å². The Morgan fingerprint density at radius 1 is 1.18 bits per heavy atom. The van der Waals surface area contributed by atoms with E-state index < -0.39 is 5.91 Å². The maximum absolute atomic E-state index is 12.8. The fourth-order valence-corrected chi connectivity index (χ4v) is 7.84. The highest BCUT2D eigenvalue weighted by Gasteiger charge is 2.59. The molecule has 6 nitrogen and oxygen atoms in total.